The van der Waals surface area contributed by atoms with Crippen LogP contribution in [0.3, 0.4) is 0 Å². The summed E-state index contributed by atoms with van der Waals surface area (Å²) in [6.07, 6.45) is 11.9. The number of nitrogens with one attached hydrogen (secondary N) is 2. The van der Waals surface area contributed by atoms with Gasteiger partial charge in [-0.05, 0) is 75.5 Å². The third kappa shape index (κ3) is 4.34. The van der Waals surface area contributed by atoms with Gasteiger partial charge in [-0.2, -0.15) is 0 Å². The summed E-state index contributed by atoms with van der Waals surface area (Å²) in [6.45, 7) is 0. The maximum Gasteiger partial charge on any atom is 0.254 e. The first-order valence-corrected chi connectivity index (χ1v) is 15.0. The highest BCUT2D eigenvalue weighted by atomic mass is 32.2. The van der Waals surface area contributed by atoms with Crippen molar-refractivity contribution in [1.29, 1.82) is 0 Å². The van der Waals surface area contributed by atoms with Crippen molar-refractivity contribution in [3.8, 4) is 0 Å². The molecule has 4 bridgehead atoms. The molecule has 9 heteroatoms. The highest BCUT2D eigenvalue weighted by Crippen LogP contribution is 2.55. The maximum atomic E-state index is 13.5. The number of carbonyl (C=O) groups is 1. The molecule has 1 aliphatic heterocycles. The van der Waals surface area contributed by atoms with Crippen LogP contribution in [0.4, 0.5) is 5.95 Å². The van der Waals surface area contributed by atoms with E-state index in [0.29, 0.717) is 42.1 Å². The topological polar surface area (TPSA) is 121 Å². The van der Waals surface area contributed by atoms with Gasteiger partial charge in [0.05, 0.1) is 28.4 Å². The fraction of sp³-hybridized carbons (Fsp3) is 0.800. The molecule has 1 amide bonds. The molecule has 5 saturated carbocycles. The first-order valence-electron chi connectivity index (χ1n) is 13.1. The van der Waals surface area contributed by atoms with Crippen molar-refractivity contribution in [2.45, 2.75) is 94.2 Å². The van der Waals surface area contributed by atoms with Crippen molar-refractivity contribution in [3.63, 3.8) is 0 Å². The molecule has 5 aliphatic carbocycles. The van der Waals surface area contributed by atoms with Gasteiger partial charge in [-0.25, -0.2) is 18.4 Å². The number of hydrogen-bond acceptors (Lipinski definition) is 7. The summed E-state index contributed by atoms with van der Waals surface area (Å²) in [5, 5.41) is 17.6. The summed E-state index contributed by atoms with van der Waals surface area (Å²) >= 11 is 0. The van der Waals surface area contributed by atoms with Crippen molar-refractivity contribution in [2.75, 3.05) is 16.8 Å². The number of carbonyl (C=O) groups excluding carboxylic acids is 1. The zero-order valence-electron chi connectivity index (χ0n) is 19.7. The summed E-state index contributed by atoms with van der Waals surface area (Å²) in [7, 11) is -2.92. The van der Waals surface area contributed by atoms with Crippen LogP contribution in [0.25, 0.3) is 0 Å². The van der Waals surface area contributed by atoms with Crippen LogP contribution < -0.4 is 10.6 Å². The number of anilines is 1. The summed E-state index contributed by atoms with van der Waals surface area (Å²) in [5.41, 5.74) is 0.899. The number of aromatic nitrogens is 2. The quantitative estimate of drug-likeness (QED) is 0.583. The normalized spacial score (nSPS) is 37.1. The molecule has 1 aromatic rings. The number of rotatable bonds is 5. The molecule has 0 radical (unpaired) electrons. The van der Waals surface area contributed by atoms with E-state index in [1.54, 1.807) is 6.20 Å². The van der Waals surface area contributed by atoms with E-state index in [-0.39, 0.29) is 35.4 Å². The minimum absolute atomic E-state index is 0.0403. The van der Waals surface area contributed by atoms with Crippen LogP contribution in [0.2, 0.25) is 0 Å². The van der Waals surface area contributed by atoms with E-state index in [1.165, 1.54) is 0 Å². The van der Waals surface area contributed by atoms with Gasteiger partial charge in [0.2, 0.25) is 5.95 Å². The number of sulfone groups is 1. The molecule has 0 aromatic carbocycles. The zero-order chi connectivity index (χ0) is 23.5. The van der Waals surface area contributed by atoms with Crippen molar-refractivity contribution < 1.29 is 18.3 Å². The predicted octanol–water partition coefficient (Wildman–Crippen LogP) is 2.79. The SMILES string of the molecule is O=C(NC1C2CC3CC1CC(O)(C3)C2)c1cnc(NC2CCS(=O)(=O)CC2)nc1C1CCCC1. The second-order valence-corrected chi connectivity index (χ2v) is 14.0. The fourth-order valence-electron chi connectivity index (χ4n) is 7.81. The molecule has 1 saturated heterocycles. The average molecular weight is 489 g/mol. The zero-order valence-corrected chi connectivity index (χ0v) is 20.5. The van der Waals surface area contributed by atoms with Gasteiger partial charge in [0, 0.05) is 24.2 Å². The molecule has 7 rings (SSSR count). The van der Waals surface area contributed by atoms with Crippen LogP contribution in [0.5, 0.6) is 0 Å². The molecule has 34 heavy (non-hydrogen) atoms. The number of nitrogens with zero attached hydrogens (tertiary/aromatic N) is 2. The Morgan fingerprint density at radius 1 is 1.03 bits per heavy atom. The van der Waals surface area contributed by atoms with Gasteiger partial charge in [-0.15, -0.1) is 0 Å². The Morgan fingerprint density at radius 3 is 2.35 bits per heavy atom. The third-order valence-electron chi connectivity index (χ3n) is 9.23. The van der Waals surface area contributed by atoms with Crippen molar-refractivity contribution in [1.82, 2.24) is 15.3 Å². The maximum absolute atomic E-state index is 13.5. The first kappa shape index (κ1) is 22.7. The van der Waals surface area contributed by atoms with E-state index in [9.17, 15) is 18.3 Å². The minimum Gasteiger partial charge on any atom is -0.390 e. The third-order valence-corrected chi connectivity index (χ3v) is 10.9. The molecule has 2 atom stereocenters. The van der Waals surface area contributed by atoms with E-state index >= 15 is 0 Å². The molecular weight excluding hydrogens is 452 g/mol. The van der Waals surface area contributed by atoms with Crippen LogP contribution in [-0.4, -0.2) is 58.6 Å². The molecule has 6 fully saturated rings. The average Bonchev–Trinajstić information content (AvgIpc) is 3.31. The second kappa shape index (κ2) is 8.43. The van der Waals surface area contributed by atoms with Crippen LogP contribution in [0, 0.1) is 17.8 Å². The Labute approximate surface area is 201 Å². The Kier molecular flexibility index (Phi) is 5.63. The smallest absolute Gasteiger partial charge is 0.254 e. The van der Waals surface area contributed by atoms with Crippen molar-refractivity contribution in [2.24, 2.45) is 17.8 Å². The van der Waals surface area contributed by atoms with Gasteiger partial charge in [-0.3, -0.25) is 4.79 Å². The van der Waals surface area contributed by atoms with Gasteiger partial charge < -0.3 is 15.7 Å². The molecule has 0 spiro atoms. The minimum atomic E-state index is -2.92. The summed E-state index contributed by atoms with van der Waals surface area (Å²) in [6, 6.07) is 0.168. The van der Waals surface area contributed by atoms with Crippen LogP contribution in [-0.2, 0) is 9.84 Å². The van der Waals surface area contributed by atoms with Gasteiger partial charge in [0.25, 0.3) is 5.91 Å². The Bertz CT molecular complexity index is 1040. The molecule has 1 aromatic heterocycles. The monoisotopic (exact) mass is 488 g/mol. The highest BCUT2D eigenvalue weighted by molar-refractivity contribution is 7.91. The van der Waals surface area contributed by atoms with E-state index in [1.807, 2.05) is 0 Å². The van der Waals surface area contributed by atoms with E-state index in [2.05, 4.69) is 15.6 Å². The highest BCUT2D eigenvalue weighted by Gasteiger charge is 2.55. The lowest BCUT2D eigenvalue weighted by molar-refractivity contribution is -0.136. The van der Waals surface area contributed by atoms with Crippen LogP contribution in [0.15, 0.2) is 6.20 Å². The number of amides is 1. The van der Waals surface area contributed by atoms with Gasteiger partial charge in [0.15, 0.2) is 0 Å². The fourth-order valence-corrected chi connectivity index (χ4v) is 9.30. The standard InChI is InChI=1S/C25H36N4O4S/c30-23(28-21-17-9-15-10-18(21)13-25(31,11-15)12-17)20-14-26-24(29-22(20)16-3-1-2-4-16)27-19-5-7-34(32,33)8-6-19/h14-19,21,31H,1-13H2,(H,28,30)(H,26,27,29). The summed E-state index contributed by atoms with van der Waals surface area (Å²) in [5.74, 6) is 2.39. The lowest BCUT2D eigenvalue weighted by atomic mass is 9.52. The Hall–Kier alpha value is -1.74. The van der Waals surface area contributed by atoms with Crippen LogP contribution >= 0.6 is 0 Å². The first-order chi connectivity index (χ1) is 16.3. The molecule has 2 unspecified atom stereocenters. The number of hydrogen-bond donors (Lipinski definition) is 3. The Balaban J connectivity index is 1.20. The summed E-state index contributed by atoms with van der Waals surface area (Å²) in [4.78, 5) is 22.8. The van der Waals surface area contributed by atoms with Crippen molar-refractivity contribution >= 4 is 21.7 Å². The molecular formula is C25H36N4O4S. The molecule has 3 N–H and O–H groups in total. The molecule has 2 heterocycles. The Morgan fingerprint density at radius 2 is 1.71 bits per heavy atom. The lowest BCUT2D eigenvalue weighted by Crippen LogP contribution is -2.61. The van der Waals surface area contributed by atoms with Crippen LogP contribution in [0.1, 0.15) is 92.6 Å². The molecule has 186 valence electrons. The van der Waals surface area contributed by atoms with Gasteiger partial charge in [0.1, 0.15) is 9.84 Å². The molecule has 8 nitrogen and oxygen atoms in total. The van der Waals surface area contributed by atoms with E-state index < -0.39 is 15.4 Å². The number of aliphatic hydroxyl groups is 1. The van der Waals surface area contributed by atoms with E-state index in [4.69, 9.17) is 4.98 Å². The van der Waals surface area contributed by atoms with Crippen molar-refractivity contribution in [3.05, 3.63) is 17.5 Å². The van der Waals surface area contributed by atoms with Gasteiger partial charge in [-0.1, -0.05) is 12.8 Å². The van der Waals surface area contributed by atoms with E-state index in [0.717, 1.165) is 63.5 Å². The van der Waals surface area contributed by atoms with Gasteiger partial charge >= 0.3 is 0 Å². The molecule has 6 aliphatic rings. The largest absolute Gasteiger partial charge is 0.390 e. The second-order valence-electron chi connectivity index (χ2n) is 11.7. The summed E-state index contributed by atoms with van der Waals surface area (Å²) < 4.78 is 23.5. The lowest BCUT2D eigenvalue weighted by Gasteiger charge is -2.58. The predicted molar refractivity (Wildman–Crippen MR) is 128 cm³/mol.